The van der Waals surface area contributed by atoms with Crippen LogP contribution >= 0.6 is 11.3 Å². The highest BCUT2D eigenvalue weighted by atomic mass is 32.1. The third kappa shape index (κ3) is 4.30. The van der Waals surface area contributed by atoms with Crippen molar-refractivity contribution < 1.29 is 14.3 Å². The van der Waals surface area contributed by atoms with Crippen LogP contribution in [0.1, 0.15) is 54.3 Å². The van der Waals surface area contributed by atoms with E-state index < -0.39 is 0 Å². The first-order valence-corrected chi connectivity index (χ1v) is 11.4. The molecule has 1 aromatic heterocycles. The zero-order valence-corrected chi connectivity index (χ0v) is 18.2. The molecule has 0 fully saturated rings. The van der Waals surface area contributed by atoms with Crippen LogP contribution in [-0.2, 0) is 17.6 Å². The normalized spacial score (nSPS) is 15.9. The number of carbonyl (C=O) groups is 1. The van der Waals surface area contributed by atoms with E-state index in [4.69, 9.17) is 9.47 Å². The summed E-state index contributed by atoms with van der Waals surface area (Å²) in [5.74, 6) is 1.68. The summed E-state index contributed by atoms with van der Waals surface area (Å²) in [4.78, 5) is 13.9. The fraction of sp³-hybridized carbons (Fsp3) is 0.478. The van der Waals surface area contributed by atoms with Gasteiger partial charge in [0, 0.05) is 17.3 Å². The fourth-order valence-corrected chi connectivity index (χ4v) is 5.35. The Bertz CT molecular complexity index is 977. The van der Waals surface area contributed by atoms with Crippen molar-refractivity contribution in [1.82, 2.24) is 5.32 Å². The number of thiophene rings is 1. The minimum atomic E-state index is -0.133. The third-order valence-corrected chi connectivity index (χ3v) is 6.77. The Labute approximate surface area is 181 Å². The molecule has 1 amide bonds. The predicted molar refractivity (Wildman–Crippen MR) is 117 cm³/mol. The number of benzene rings is 1. The van der Waals surface area contributed by atoms with Gasteiger partial charge in [0.25, 0.3) is 0 Å². The van der Waals surface area contributed by atoms with Gasteiger partial charge in [-0.1, -0.05) is 19.9 Å². The van der Waals surface area contributed by atoms with Crippen molar-refractivity contribution >= 4 is 22.2 Å². The minimum Gasteiger partial charge on any atom is -0.490 e. The molecule has 2 aliphatic rings. The summed E-state index contributed by atoms with van der Waals surface area (Å²) in [6, 6.07) is 8.25. The Hall–Kier alpha value is -2.56. The number of nitriles is 1. The summed E-state index contributed by atoms with van der Waals surface area (Å²) in [6.07, 6.45) is 3.90. The number of amides is 1. The van der Waals surface area contributed by atoms with Gasteiger partial charge in [0.1, 0.15) is 11.1 Å². The Morgan fingerprint density at radius 3 is 2.77 bits per heavy atom. The summed E-state index contributed by atoms with van der Waals surface area (Å²) in [5, 5.41) is 16.5. The van der Waals surface area contributed by atoms with E-state index >= 15 is 0 Å². The summed E-state index contributed by atoms with van der Waals surface area (Å²) < 4.78 is 11.5. The number of ether oxygens (including phenoxy) is 2. The van der Waals surface area contributed by atoms with E-state index in [2.05, 4.69) is 30.6 Å². The first-order valence-electron chi connectivity index (χ1n) is 10.5. The molecule has 1 atom stereocenters. The van der Waals surface area contributed by atoms with Crippen LogP contribution in [0.3, 0.4) is 0 Å². The maximum absolute atomic E-state index is 12.6. The Kier molecular flexibility index (Phi) is 6.26. The molecule has 2 aromatic rings. The molecule has 6 nitrogen and oxygen atoms in total. The molecule has 0 radical (unpaired) electrons. The van der Waals surface area contributed by atoms with Crippen molar-refractivity contribution in [1.29, 1.82) is 5.26 Å². The number of nitrogens with zero attached hydrogens (tertiary/aromatic N) is 1. The summed E-state index contributed by atoms with van der Waals surface area (Å²) >= 11 is 1.54. The smallest absolute Gasteiger partial charge is 0.238 e. The Morgan fingerprint density at radius 2 is 2.00 bits per heavy atom. The van der Waals surface area contributed by atoms with Crippen LogP contribution < -0.4 is 20.1 Å². The highest BCUT2D eigenvalue weighted by molar-refractivity contribution is 7.16. The van der Waals surface area contributed by atoms with Crippen molar-refractivity contribution in [2.75, 3.05) is 25.1 Å². The average Bonchev–Trinajstić information content (AvgIpc) is 3.20. The zero-order valence-electron chi connectivity index (χ0n) is 17.4. The van der Waals surface area contributed by atoms with Gasteiger partial charge in [-0.3, -0.25) is 4.79 Å². The van der Waals surface area contributed by atoms with Crippen molar-refractivity contribution in [3.8, 4) is 17.6 Å². The summed E-state index contributed by atoms with van der Waals surface area (Å²) in [6.45, 7) is 5.72. The number of nitrogens with one attached hydrogen (secondary N) is 2. The molecule has 1 aliphatic carbocycles. The van der Waals surface area contributed by atoms with Gasteiger partial charge >= 0.3 is 0 Å². The summed E-state index contributed by atoms with van der Waals surface area (Å²) in [5.41, 5.74) is 2.83. The average molecular weight is 426 g/mol. The second-order valence-electron chi connectivity index (χ2n) is 8.08. The van der Waals surface area contributed by atoms with Crippen LogP contribution in [0.2, 0.25) is 0 Å². The number of rotatable bonds is 6. The topological polar surface area (TPSA) is 83.4 Å². The maximum Gasteiger partial charge on any atom is 0.238 e. The van der Waals surface area contributed by atoms with E-state index in [0.29, 0.717) is 23.8 Å². The highest BCUT2D eigenvalue weighted by Gasteiger charge is 2.24. The van der Waals surface area contributed by atoms with Crippen LogP contribution in [0, 0.1) is 17.2 Å². The highest BCUT2D eigenvalue weighted by Crippen LogP contribution is 2.38. The molecule has 1 unspecified atom stereocenters. The molecule has 158 valence electrons. The van der Waals surface area contributed by atoms with Crippen LogP contribution in [-0.4, -0.2) is 25.7 Å². The molecule has 0 bridgehead atoms. The molecule has 1 aliphatic heterocycles. The zero-order chi connectivity index (χ0) is 21.1. The van der Waals surface area contributed by atoms with Crippen molar-refractivity contribution in [2.45, 2.75) is 45.6 Å². The van der Waals surface area contributed by atoms with E-state index in [-0.39, 0.29) is 24.4 Å². The molecule has 0 saturated carbocycles. The molecule has 2 N–H and O–H groups in total. The van der Waals surface area contributed by atoms with E-state index in [1.807, 2.05) is 18.2 Å². The fourth-order valence-electron chi connectivity index (χ4n) is 4.10. The second-order valence-corrected chi connectivity index (χ2v) is 9.19. The number of hydrogen-bond acceptors (Lipinski definition) is 6. The lowest BCUT2D eigenvalue weighted by Gasteiger charge is -2.23. The molecule has 1 aromatic carbocycles. The van der Waals surface area contributed by atoms with Crippen molar-refractivity contribution in [3.63, 3.8) is 0 Å². The van der Waals surface area contributed by atoms with E-state index in [9.17, 15) is 10.1 Å². The second kappa shape index (κ2) is 9.07. The predicted octanol–water partition coefficient (Wildman–Crippen LogP) is 4.20. The number of anilines is 1. The molecular formula is C23H27N3O3S. The molecule has 30 heavy (non-hydrogen) atoms. The first kappa shape index (κ1) is 20.7. The quantitative estimate of drug-likeness (QED) is 0.725. The first-order chi connectivity index (χ1) is 14.6. The molecule has 4 rings (SSSR count). The van der Waals surface area contributed by atoms with Crippen molar-refractivity contribution in [3.05, 3.63) is 39.8 Å². The standard InChI is InChI=1S/C23H27N3O3S/c1-14(2)22(15-7-8-18-19(11-15)29-10-4-9-28-18)25-13-21(27)26-23-17(12-24)16-5-3-6-20(16)30-23/h7-8,11,14,22,25H,3-6,9-10,13H2,1-2H3,(H,26,27). The van der Waals surface area contributed by atoms with Crippen molar-refractivity contribution in [2.24, 2.45) is 5.92 Å². The number of aryl methyl sites for hydroxylation is 1. The minimum absolute atomic E-state index is 0.00307. The van der Waals surface area contributed by atoms with Crippen LogP contribution in [0.5, 0.6) is 11.5 Å². The molecular weight excluding hydrogens is 398 g/mol. The lowest BCUT2D eigenvalue weighted by atomic mass is 9.95. The lowest BCUT2D eigenvalue weighted by Crippen LogP contribution is -2.33. The molecule has 2 heterocycles. The van der Waals surface area contributed by atoms with Crippen LogP contribution in [0.15, 0.2) is 18.2 Å². The van der Waals surface area contributed by atoms with Gasteiger partial charge in [-0.15, -0.1) is 11.3 Å². The monoisotopic (exact) mass is 425 g/mol. The van der Waals surface area contributed by atoms with Gasteiger partial charge in [-0.25, -0.2) is 0 Å². The van der Waals surface area contributed by atoms with Gasteiger partial charge < -0.3 is 20.1 Å². The molecule has 0 spiro atoms. The molecule has 7 heteroatoms. The maximum atomic E-state index is 12.6. The number of hydrogen-bond donors (Lipinski definition) is 2. The van der Waals surface area contributed by atoms with Gasteiger partial charge in [-0.2, -0.15) is 5.26 Å². The van der Waals surface area contributed by atoms with E-state index in [1.165, 1.54) is 4.88 Å². The van der Waals surface area contributed by atoms with E-state index in [1.54, 1.807) is 11.3 Å². The lowest BCUT2D eigenvalue weighted by molar-refractivity contribution is -0.115. The van der Waals surface area contributed by atoms with Gasteiger partial charge in [0.05, 0.1) is 25.3 Å². The van der Waals surface area contributed by atoms with E-state index in [0.717, 1.165) is 48.3 Å². The number of carbonyl (C=O) groups excluding carboxylic acids is 1. The van der Waals surface area contributed by atoms with Gasteiger partial charge in [0.15, 0.2) is 11.5 Å². The SMILES string of the molecule is CC(C)C(NCC(=O)Nc1sc2c(c1C#N)CCC2)c1ccc2c(c1)OCCCO2. The Morgan fingerprint density at radius 1 is 1.20 bits per heavy atom. The largest absolute Gasteiger partial charge is 0.490 e. The summed E-state index contributed by atoms with van der Waals surface area (Å²) in [7, 11) is 0. The van der Waals surface area contributed by atoms with Crippen LogP contribution in [0.25, 0.3) is 0 Å². The molecule has 0 saturated heterocycles. The third-order valence-electron chi connectivity index (χ3n) is 5.57. The number of fused-ring (bicyclic) bond motifs is 2. The van der Waals surface area contributed by atoms with Gasteiger partial charge in [0.2, 0.25) is 5.91 Å². The Balaban J connectivity index is 1.43. The van der Waals surface area contributed by atoms with Gasteiger partial charge in [-0.05, 0) is 48.4 Å². The van der Waals surface area contributed by atoms with Crippen LogP contribution in [0.4, 0.5) is 5.00 Å².